The molecule has 0 bridgehead atoms. The molecule has 51 heavy (non-hydrogen) atoms. The van der Waals surface area contributed by atoms with Gasteiger partial charge in [0.25, 0.3) is 0 Å². The van der Waals surface area contributed by atoms with Gasteiger partial charge in [0.1, 0.15) is 31.5 Å². The van der Waals surface area contributed by atoms with Gasteiger partial charge in [0.05, 0.1) is 5.75 Å². The van der Waals surface area contributed by atoms with Crippen LogP contribution in [0.3, 0.4) is 0 Å². The fourth-order valence-electron chi connectivity index (χ4n) is 5.00. The van der Waals surface area contributed by atoms with Crippen LogP contribution in [0.5, 0.6) is 0 Å². The summed E-state index contributed by atoms with van der Waals surface area (Å²) >= 11 is 0.662. The minimum absolute atomic E-state index is 0.375. The van der Waals surface area contributed by atoms with E-state index in [0.29, 0.717) is 11.8 Å². The van der Waals surface area contributed by atoms with Crippen LogP contribution >= 0.6 is 11.8 Å². The molecule has 21 heteroatoms. The number of hydrogen-bond acceptors (Lipinski definition) is 20. The number of ether oxygens (including phenoxy) is 10. The Labute approximate surface area is 296 Å². The van der Waals surface area contributed by atoms with Gasteiger partial charge in [0, 0.05) is 55.4 Å². The smallest absolute Gasteiger partial charge is 0.303 e. The first-order valence-corrected chi connectivity index (χ1v) is 16.3. The maximum Gasteiger partial charge on any atom is 0.303 e. The van der Waals surface area contributed by atoms with Gasteiger partial charge in [-0.15, -0.1) is 0 Å². The van der Waals surface area contributed by atoms with Gasteiger partial charge in [-0.25, -0.2) is 0 Å². The van der Waals surface area contributed by atoms with E-state index in [1.165, 1.54) is 6.92 Å². The lowest BCUT2D eigenvalue weighted by Gasteiger charge is -2.48. The summed E-state index contributed by atoms with van der Waals surface area (Å²) in [5, 5.41) is 2.06. The molecule has 0 aromatic heterocycles. The quantitative estimate of drug-likeness (QED) is 0.165. The third-order valence-corrected chi connectivity index (χ3v) is 7.45. The van der Waals surface area contributed by atoms with Crippen LogP contribution in [0, 0.1) is 0 Å². The van der Waals surface area contributed by atoms with Crippen LogP contribution in [0.2, 0.25) is 0 Å². The van der Waals surface area contributed by atoms with E-state index in [1.807, 2.05) is 0 Å². The van der Waals surface area contributed by atoms with Crippen molar-refractivity contribution in [2.75, 3.05) is 19.0 Å². The molecule has 20 nitrogen and oxygen atoms in total. The highest BCUT2D eigenvalue weighted by Gasteiger charge is 2.57. The molecule has 2 saturated heterocycles. The predicted octanol–water partition coefficient (Wildman–Crippen LogP) is -0.998. The number of carbonyl (C=O) groups excluding carboxylic acids is 9. The second kappa shape index (κ2) is 19.9. The van der Waals surface area contributed by atoms with E-state index < -0.39 is 122 Å². The van der Waals surface area contributed by atoms with E-state index in [1.54, 1.807) is 0 Å². The van der Waals surface area contributed by atoms with Gasteiger partial charge in [0.15, 0.2) is 48.2 Å². The van der Waals surface area contributed by atoms with Gasteiger partial charge in [-0.2, -0.15) is 0 Å². The molecule has 0 aromatic carbocycles. The Morgan fingerprint density at radius 2 is 0.922 bits per heavy atom. The molecule has 0 saturated carbocycles. The molecule has 1 N–H and O–H groups in total. The molecule has 286 valence electrons. The fourth-order valence-corrected chi connectivity index (χ4v) is 5.41. The molecule has 2 heterocycles. The highest BCUT2D eigenvalue weighted by Crippen LogP contribution is 2.35. The van der Waals surface area contributed by atoms with Gasteiger partial charge in [0.2, 0.25) is 5.91 Å². The lowest BCUT2D eigenvalue weighted by molar-refractivity contribution is -0.345. The molecular formula is C30H41NO19S. The molecule has 0 aliphatic carbocycles. The molecule has 2 rings (SSSR count). The Hall–Kier alpha value is -4.34. The lowest BCUT2D eigenvalue weighted by Crippen LogP contribution is -2.69. The first-order valence-electron chi connectivity index (χ1n) is 15.3. The van der Waals surface area contributed by atoms with Gasteiger partial charge >= 0.3 is 41.8 Å². The molecule has 1 amide bonds. The summed E-state index contributed by atoms with van der Waals surface area (Å²) in [5.41, 5.74) is 0. The van der Waals surface area contributed by atoms with Crippen molar-refractivity contribution < 1.29 is 90.5 Å². The normalized spacial score (nSPS) is 28.5. The first kappa shape index (κ1) is 42.8. The Kier molecular flexibility index (Phi) is 16.7. The summed E-state index contributed by atoms with van der Waals surface area (Å²) in [6, 6.07) is 0. The van der Waals surface area contributed by atoms with E-state index in [2.05, 4.69) is 5.32 Å². The first-order chi connectivity index (χ1) is 23.8. The van der Waals surface area contributed by atoms with Crippen molar-refractivity contribution in [3.8, 4) is 0 Å². The molecular weight excluding hydrogens is 710 g/mol. The second-order valence-corrected chi connectivity index (χ2v) is 12.2. The Morgan fingerprint density at radius 3 is 1.37 bits per heavy atom. The summed E-state index contributed by atoms with van der Waals surface area (Å²) in [7, 11) is 0. The van der Waals surface area contributed by atoms with Crippen molar-refractivity contribution in [3.05, 3.63) is 0 Å². The SMILES string of the molecule is CC(=O)OC[C@H]1O[C@@H](O[C@H]2[C@H](OC(C)=O)[C@@H](OC(C)=O)[C@H](NC(=O)CSC(C)=O)O[C@@H]2COC(C)=O)[C@H](OC(C)=O)[C@@H](OC(C)=O)[C@H]1OC(C)=O. The Morgan fingerprint density at radius 1 is 0.510 bits per heavy atom. The van der Waals surface area contributed by atoms with Crippen LogP contribution in [0.1, 0.15) is 55.4 Å². The van der Waals surface area contributed by atoms with Crippen molar-refractivity contribution >= 4 is 64.6 Å². The van der Waals surface area contributed by atoms with Crippen LogP contribution < -0.4 is 5.32 Å². The molecule has 0 unspecified atom stereocenters. The Bertz CT molecular complexity index is 1340. The van der Waals surface area contributed by atoms with Crippen LogP contribution in [-0.4, -0.2) is 133 Å². The van der Waals surface area contributed by atoms with Gasteiger partial charge in [-0.3, -0.25) is 43.2 Å². The van der Waals surface area contributed by atoms with Crippen molar-refractivity contribution in [1.82, 2.24) is 5.32 Å². The number of carbonyl (C=O) groups is 9. The van der Waals surface area contributed by atoms with E-state index in [4.69, 9.17) is 47.4 Å². The summed E-state index contributed by atoms with van der Waals surface area (Å²) < 4.78 is 55.6. The summed E-state index contributed by atoms with van der Waals surface area (Å²) in [6.07, 6.45) is -16.3. The minimum atomic E-state index is -1.85. The minimum Gasteiger partial charge on any atom is -0.463 e. The van der Waals surface area contributed by atoms with Gasteiger partial charge < -0.3 is 52.7 Å². The maximum absolute atomic E-state index is 12.8. The number of hydrogen-bond donors (Lipinski definition) is 1. The summed E-state index contributed by atoms with van der Waals surface area (Å²) in [5.74, 6) is -7.35. The zero-order chi connectivity index (χ0) is 38.6. The van der Waals surface area contributed by atoms with E-state index in [0.717, 1.165) is 48.5 Å². The average molecular weight is 752 g/mol. The standard InChI is InChI=1S/C30H41NO19S/c1-12(32)41-9-20-24(25(44-15(4)35)27(46-17(6)37)29(48-20)31-22(40)11-51-19(8)39)50-30-28(47-18(7)38)26(45-16(5)36)23(43-14(3)34)21(49-30)10-42-13(2)33/h20-21,23-30H,9-11H2,1-8H3,(H,31,40)/t20-,21-,23+,24-,25+,26+,27-,28-,29-,30+/m1/s1. The summed E-state index contributed by atoms with van der Waals surface area (Å²) in [4.78, 5) is 109. The maximum atomic E-state index is 12.8. The number of nitrogens with one attached hydrogen (secondary N) is 1. The molecule has 2 aliphatic heterocycles. The largest absolute Gasteiger partial charge is 0.463 e. The number of amides is 1. The molecule has 10 atom stereocenters. The second-order valence-electron chi connectivity index (χ2n) is 11.1. The van der Waals surface area contributed by atoms with E-state index >= 15 is 0 Å². The van der Waals surface area contributed by atoms with Crippen molar-refractivity contribution in [1.29, 1.82) is 0 Å². The highest BCUT2D eigenvalue weighted by molar-refractivity contribution is 8.14. The van der Waals surface area contributed by atoms with Crippen LogP contribution in [0.25, 0.3) is 0 Å². The summed E-state index contributed by atoms with van der Waals surface area (Å²) in [6.45, 7) is 7.19. The molecule has 0 spiro atoms. The fraction of sp³-hybridized carbons (Fsp3) is 0.700. The molecule has 0 aromatic rings. The van der Waals surface area contributed by atoms with Gasteiger partial charge in [-0.1, -0.05) is 11.8 Å². The third kappa shape index (κ3) is 14.1. The average Bonchev–Trinajstić information content (AvgIpc) is 2.98. The van der Waals surface area contributed by atoms with Crippen molar-refractivity contribution in [3.63, 3.8) is 0 Å². The van der Waals surface area contributed by atoms with Crippen molar-refractivity contribution in [2.45, 2.75) is 117 Å². The number of thioether (sulfide) groups is 1. The molecule has 2 aliphatic rings. The highest BCUT2D eigenvalue weighted by atomic mass is 32.2. The lowest BCUT2D eigenvalue weighted by atomic mass is 9.95. The monoisotopic (exact) mass is 751 g/mol. The van der Waals surface area contributed by atoms with Crippen LogP contribution in [-0.2, 0) is 90.5 Å². The number of esters is 7. The van der Waals surface area contributed by atoms with E-state index in [9.17, 15) is 43.2 Å². The van der Waals surface area contributed by atoms with Crippen LogP contribution in [0.4, 0.5) is 0 Å². The predicted molar refractivity (Wildman–Crippen MR) is 165 cm³/mol. The molecule has 0 radical (unpaired) electrons. The van der Waals surface area contributed by atoms with Crippen molar-refractivity contribution in [2.24, 2.45) is 0 Å². The van der Waals surface area contributed by atoms with Gasteiger partial charge in [-0.05, 0) is 0 Å². The Balaban J connectivity index is 2.73. The third-order valence-electron chi connectivity index (χ3n) is 6.64. The van der Waals surface area contributed by atoms with Crippen LogP contribution in [0.15, 0.2) is 0 Å². The zero-order valence-electron chi connectivity index (χ0n) is 29.1. The number of rotatable bonds is 14. The molecule has 2 fully saturated rings. The zero-order valence-corrected chi connectivity index (χ0v) is 29.9. The van der Waals surface area contributed by atoms with E-state index in [-0.39, 0.29) is 10.9 Å². The topological polar surface area (TPSA) is 258 Å².